The van der Waals surface area contributed by atoms with Crippen LogP contribution in [0, 0.1) is 5.41 Å². The molecule has 0 rings (SSSR count). The molecule has 0 saturated carbocycles. The fourth-order valence-corrected chi connectivity index (χ4v) is 0.631. The van der Waals surface area contributed by atoms with Crippen molar-refractivity contribution in [1.29, 1.82) is 5.41 Å². The van der Waals surface area contributed by atoms with E-state index in [1.807, 2.05) is 13.8 Å². The van der Waals surface area contributed by atoms with Gasteiger partial charge in [0.1, 0.15) is 11.4 Å². The number of nitrogens with two attached hydrogens (primary N) is 1. The van der Waals surface area contributed by atoms with E-state index in [0.29, 0.717) is 12.8 Å². The van der Waals surface area contributed by atoms with Crippen LogP contribution in [0.15, 0.2) is 0 Å². The third-order valence-corrected chi connectivity index (χ3v) is 1.67. The van der Waals surface area contributed by atoms with Crippen LogP contribution in [-0.4, -0.2) is 16.5 Å². The second kappa shape index (κ2) is 2.82. The Kier molecular flexibility index (Phi) is 2.65. The highest BCUT2D eigenvalue weighted by atomic mass is 16.3. The minimum absolute atomic E-state index is 0.132. The molecule has 0 aromatic rings. The maximum atomic E-state index is 9.36. The number of amidine groups is 1. The van der Waals surface area contributed by atoms with E-state index in [2.05, 4.69) is 0 Å². The first-order chi connectivity index (χ1) is 4.06. The number of aliphatic hydroxyl groups is 1. The zero-order chi connectivity index (χ0) is 7.49. The molecule has 0 radical (unpaired) electrons. The lowest BCUT2D eigenvalue weighted by molar-refractivity contribution is 0.101. The third kappa shape index (κ3) is 1.68. The van der Waals surface area contributed by atoms with Crippen molar-refractivity contribution in [2.75, 3.05) is 0 Å². The molecule has 0 amide bonds. The monoisotopic (exact) mass is 130 g/mol. The van der Waals surface area contributed by atoms with Gasteiger partial charge in [-0.1, -0.05) is 13.8 Å². The fraction of sp³-hybridized carbons (Fsp3) is 0.833. The smallest absolute Gasteiger partial charge is 0.123 e. The minimum Gasteiger partial charge on any atom is -0.385 e. The van der Waals surface area contributed by atoms with E-state index < -0.39 is 5.60 Å². The predicted molar refractivity (Wildman–Crippen MR) is 37.4 cm³/mol. The average Bonchev–Trinajstić information content (AvgIpc) is 1.86. The molecule has 3 nitrogen and oxygen atoms in total. The zero-order valence-corrected chi connectivity index (χ0v) is 5.94. The minimum atomic E-state index is -1.06. The van der Waals surface area contributed by atoms with E-state index in [0.717, 1.165) is 0 Å². The molecule has 0 bridgehead atoms. The molecule has 0 unspecified atom stereocenters. The highest BCUT2D eigenvalue weighted by Gasteiger charge is 2.25. The normalized spacial score (nSPS) is 11.4. The van der Waals surface area contributed by atoms with Gasteiger partial charge in [0, 0.05) is 0 Å². The lowest BCUT2D eigenvalue weighted by Gasteiger charge is -2.22. The van der Waals surface area contributed by atoms with Crippen molar-refractivity contribution in [3.8, 4) is 0 Å². The SMILES string of the molecule is CCC(O)(CC)C(=N)N. The first-order valence-corrected chi connectivity index (χ1v) is 3.13. The standard InChI is InChI=1S/C6H14N2O/c1-3-6(9,4-2)5(7)8/h9H,3-4H2,1-2H3,(H3,7,8). The van der Waals surface area contributed by atoms with E-state index in [-0.39, 0.29) is 5.84 Å². The van der Waals surface area contributed by atoms with E-state index in [1.165, 1.54) is 0 Å². The summed E-state index contributed by atoms with van der Waals surface area (Å²) in [5.41, 5.74) is 4.07. The highest BCUT2D eigenvalue weighted by molar-refractivity contribution is 5.85. The van der Waals surface area contributed by atoms with Gasteiger partial charge in [-0.05, 0) is 12.8 Å². The molecule has 0 aromatic heterocycles. The summed E-state index contributed by atoms with van der Waals surface area (Å²) < 4.78 is 0. The van der Waals surface area contributed by atoms with Crippen LogP contribution in [0.3, 0.4) is 0 Å². The van der Waals surface area contributed by atoms with Crippen LogP contribution in [0.4, 0.5) is 0 Å². The first kappa shape index (κ1) is 8.43. The van der Waals surface area contributed by atoms with Gasteiger partial charge in [-0.15, -0.1) is 0 Å². The van der Waals surface area contributed by atoms with Gasteiger partial charge in [0.25, 0.3) is 0 Å². The molecule has 54 valence electrons. The molecule has 4 N–H and O–H groups in total. The molecule has 3 heteroatoms. The van der Waals surface area contributed by atoms with Gasteiger partial charge in [0.2, 0.25) is 0 Å². The maximum Gasteiger partial charge on any atom is 0.123 e. The Morgan fingerprint density at radius 1 is 1.56 bits per heavy atom. The van der Waals surface area contributed by atoms with Crippen molar-refractivity contribution in [2.24, 2.45) is 5.73 Å². The van der Waals surface area contributed by atoms with Gasteiger partial charge in [-0.3, -0.25) is 5.41 Å². The summed E-state index contributed by atoms with van der Waals surface area (Å²) in [5.74, 6) is -0.132. The Balaban J connectivity index is 4.09. The summed E-state index contributed by atoms with van der Waals surface area (Å²) in [6.45, 7) is 3.62. The Morgan fingerprint density at radius 2 is 1.89 bits per heavy atom. The van der Waals surface area contributed by atoms with Gasteiger partial charge < -0.3 is 10.8 Å². The molecule has 0 aromatic carbocycles. The van der Waals surface area contributed by atoms with Gasteiger partial charge in [-0.2, -0.15) is 0 Å². The molecule has 0 heterocycles. The molecule has 0 spiro atoms. The lowest BCUT2D eigenvalue weighted by Crippen LogP contribution is -2.41. The van der Waals surface area contributed by atoms with Gasteiger partial charge in [0.15, 0.2) is 0 Å². The summed E-state index contributed by atoms with van der Waals surface area (Å²) in [5, 5.41) is 16.3. The van der Waals surface area contributed by atoms with E-state index in [9.17, 15) is 5.11 Å². The Hall–Kier alpha value is -0.570. The molecule has 9 heavy (non-hydrogen) atoms. The molecule has 0 saturated heterocycles. The quantitative estimate of drug-likeness (QED) is 0.384. The van der Waals surface area contributed by atoms with Crippen LogP contribution in [0.2, 0.25) is 0 Å². The number of hydrogen-bond donors (Lipinski definition) is 3. The van der Waals surface area contributed by atoms with Crippen molar-refractivity contribution < 1.29 is 5.11 Å². The lowest BCUT2D eigenvalue weighted by atomic mass is 9.97. The van der Waals surface area contributed by atoms with Crippen molar-refractivity contribution in [3.05, 3.63) is 0 Å². The Labute approximate surface area is 55.4 Å². The summed E-state index contributed by atoms with van der Waals surface area (Å²) in [7, 11) is 0. The first-order valence-electron chi connectivity index (χ1n) is 3.13. The number of rotatable bonds is 3. The topological polar surface area (TPSA) is 70.1 Å². The molecular weight excluding hydrogens is 116 g/mol. The second-order valence-corrected chi connectivity index (χ2v) is 2.15. The molecule has 0 aliphatic heterocycles. The molecule has 0 aliphatic rings. The van der Waals surface area contributed by atoms with Crippen LogP contribution in [-0.2, 0) is 0 Å². The number of nitrogens with one attached hydrogen (secondary N) is 1. The Morgan fingerprint density at radius 3 is 1.89 bits per heavy atom. The molecule has 0 fully saturated rings. The van der Waals surface area contributed by atoms with E-state index >= 15 is 0 Å². The van der Waals surface area contributed by atoms with Crippen LogP contribution in [0.25, 0.3) is 0 Å². The van der Waals surface area contributed by atoms with Crippen LogP contribution >= 0.6 is 0 Å². The summed E-state index contributed by atoms with van der Waals surface area (Å²) in [6, 6.07) is 0. The van der Waals surface area contributed by atoms with Gasteiger partial charge >= 0.3 is 0 Å². The van der Waals surface area contributed by atoms with Crippen molar-refractivity contribution in [2.45, 2.75) is 32.3 Å². The third-order valence-electron chi connectivity index (χ3n) is 1.67. The van der Waals surface area contributed by atoms with Gasteiger partial charge in [0.05, 0.1) is 0 Å². The zero-order valence-electron chi connectivity index (χ0n) is 5.94. The molecule has 0 aliphatic carbocycles. The maximum absolute atomic E-state index is 9.36. The highest BCUT2D eigenvalue weighted by Crippen LogP contribution is 2.12. The molecular formula is C6H14N2O. The van der Waals surface area contributed by atoms with Crippen molar-refractivity contribution in [1.82, 2.24) is 0 Å². The summed E-state index contributed by atoms with van der Waals surface area (Å²) >= 11 is 0. The largest absolute Gasteiger partial charge is 0.385 e. The summed E-state index contributed by atoms with van der Waals surface area (Å²) in [4.78, 5) is 0. The van der Waals surface area contributed by atoms with Crippen molar-refractivity contribution >= 4 is 5.84 Å². The van der Waals surface area contributed by atoms with Crippen LogP contribution in [0.1, 0.15) is 26.7 Å². The predicted octanol–water partition coefficient (Wildman–Crippen LogP) is 0.473. The van der Waals surface area contributed by atoms with E-state index in [1.54, 1.807) is 0 Å². The fourth-order valence-electron chi connectivity index (χ4n) is 0.631. The van der Waals surface area contributed by atoms with Crippen LogP contribution in [0.5, 0.6) is 0 Å². The average molecular weight is 130 g/mol. The van der Waals surface area contributed by atoms with Gasteiger partial charge in [-0.25, -0.2) is 0 Å². The summed E-state index contributed by atoms with van der Waals surface area (Å²) in [6.07, 6.45) is 1.03. The second-order valence-electron chi connectivity index (χ2n) is 2.15. The van der Waals surface area contributed by atoms with Crippen molar-refractivity contribution in [3.63, 3.8) is 0 Å². The molecule has 0 atom stereocenters. The van der Waals surface area contributed by atoms with Crippen LogP contribution < -0.4 is 5.73 Å². The Bertz CT molecular complexity index is 108. The number of hydrogen-bond acceptors (Lipinski definition) is 2. The van der Waals surface area contributed by atoms with E-state index in [4.69, 9.17) is 11.1 Å².